The van der Waals surface area contributed by atoms with Gasteiger partial charge in [0.25, 0.3) is 11.5 Å². The Labute approximate surface area is 252 Å². The van der Waals surface area contributed by atoms with Crippen LogP contribution in [0.25, 0.3) is 11.1 Å². The number of aryl methyl sites for hydroxylation is 2. The molecule has 1 N–H and O–H groups in total. The lowest BCUT2D eigenvalue weighted by atomic mass is 9.97. The van der Waals surface area contributed by atoms with Gasteiger partial charge in [0, 0.05) is 56.1 Å². The summed E-state index contributed by atoms with van der Waals surface area (Å²) in [4.78, 5) is 40.6. The second-order valence-electron chi connectivity index (χ2n) is 11.5. The number of anilines is 3. The van der Waals surface area contributed by atoms with Gasteiger partial charge in [-0.25, -0.2) is 4.39 Å². The van der Waals surface area contributed by atoms with Crippen LogP contribution in [0.15, 0.2) is 41.3 Å². The van der Waals surface area contributed by atoms with E-state index >= 15 is 4.39 Å². The summed E-state index contributed by atoms with van der Waals surface area (Å²) in [6, 6.07) is 8.09. The van der Waals surface area contributed by atoms with Crippen LogP contribution in [0.4, 0.5) is 21.6 Å². The van der Waals surface area contributed by atoms with E-state index in [1.165, 1.54) is 34.9 Å². The maximum atomic E-state index is 15.5. The molecule has 0 atom stereocenters. The lowest BCUT2D eigenvalue weighted by Crippen LogP contribution is -2.41. The van der Waals surface area contributed by atoms with E-state index in [0.29, 0.717) is 66.7 Å². The van der Waals surface area contributed by atoms with Crippen LogP contribution in [0.2, 0.25) is 0 Å². The Kier molecular flexibility index (Phi) is 7.08. The number of benzene rings is 1. The monoisotopic (exact) mass is 600 g/mol. The zero-order valence-electron chi connectivity index (χ0n) is 24.7. The van der Waals surface area contributed by atoms with Gasteiger partial charge in [0.15, 0.2) is 5.82 Å². The minimum Gasteiger partial charge on any atom is -0.461 e. The minimum atomic E-state index is -0.556. The van der Waals surface area contributed by atoms with Crippen molar-refractivity contribution in [1.29, 1.82) is 0 Å². The van der Waals surface area contributed by atoms with Gasteiger partial charge in [0.05, 0.1) is 31.1 Å². The number of hydrogen-bond acceptors (Lipinski definition) is 7. The van der Waals surface area contributed by atoms with Crippen LogP contribution < -0.4 is 15.8 Å². The summed E-state index contributed by atoms with van der Waals surface area (Å²) in [6.07, 6.45) is 5.70. The number of aromatic nitrogens is 4. The number of hydrogen-bond donors (Lipinski definition) is 1. The molecule has 3 aromatic heterocycles. The molecule has 1 aromatic carbocycles. The highest BCUT2D eigenvalue weighted by atomic mass is 19.1. The number of fused-ring (bicyclic) bond motifs is 4. The molecule has 7 rings (SSSR count). The number of ether oxygens (including phenoxy) is 2. The maximum Gasteiger partial charge on any atom is 0.302 e. The first-order valence-corrected chi connectivity index (χ1v) is 14.9. The second-order valence-corrected chi connectivity index (χ2v) is 11.5. The Morgan fingerprint density at radius 2 is 1.93 bits per heavy atom. The highest BCUT2D eigenvalue weighted by Gasteiger charge is 2.32. The summed E-state index contributed by atoms with van der Waals surface area (Å²) < 4.78 is 31.7. The minimum absolute atomic E-state index is 0.180. The molecule has 0 spiro atoms. The molecule has 3 aliphatic rings. The largest absolute Gasteiger partial charge is 0.461 e. The molecule has 11 nitrogen and oxygen atoms in total. The van der Waals surface area contributed by atoms with Gasteiger partial charge in [-0.05, 0) is 61.1 Å². The quantitative estimate of drug-likeness (QED) is 0.332. The normalized spacial score (nSPS) is 15.9. The summed E-state index contributed by atoms with van der Waals surface area (Å²) in [5, 5.41) is 7.66. The van der Waals surface area contributed by atoms with E-state index in [1.54, 1.807) is 24.2 Å². The number of nitrogens with zero attached hydrogens (tertiary/aromatic N) is 5. The Morgan fingerprint density at radius 3 is 2.75 bits per heavy atom. The van der Waals surface area contributed by atoms with Crippen molar-refractivity contribution in [2.24, 2.45) is 7.05 Å². The molecule has 1 aliphatic carbocycles. The van der Waals surface area contributed by atoms with Crippen LogP contribution in [-0.2, 0) is 60.5 Å². The lowest BCUT2D eigenvalue weighted by Gasteiger charge is -2.32. The number of rotatable bonds is 6. The van der Waals surface area contributed by atoms with Gasteiger partial charge < -0.3 is 28.8 Å². The van der Waals surface area contributed by atoms with Crippen LogP contribution in [0.1, 0.15) is 52.8 Å². The van der Waals surface area contributed by atoms with E-state index in [1.807, 2.05) is 16.8 Å². The molecule has 0 fully saturated rings. The fourth-order valence-corrected chi connectivity index (χ4v) is 6.55. The average Bonchev–Trinajstić information content (AvgIpc) is 3.60. The summed E-state index contributed by atoms with van der Waals surface area (Å²) in [5.41, 5.74) is 5.57. The predicted molar refractivity (Wildman–Crippen MR) is 160 cm³/mol. The van der Waals surface area contributed by atoms with Crippen LogP contribution in [0.3, 0.4) is 0 Å². The van der Waals surface area contributed by atoms with Crippen molar-refractivity contribution in [2.45, 2.75) is 58.9 Å². The maximum absolute atomic E-state index is 15.5. The molecule has 0 unspecified atom stereocenters. The van der Waals surface area contributed by atoms with Gasteiger partial charge in [-0.15, -0.1) is 0 Å². The molecule has 4 aromatic rings. The summed E-state index contributed by atoms with van der Waals surface area (Å²) in [7, 11) is 1.61. The molecule has 5 heterocycles. The van der Waals surface area contributed by atoms with Crippen molar-refractivity contribution in [1.82, 2.24) is 18.9 Å². The van der Waals surface area contributed by atoms with E-state index in [4.69, 9.17) is 9.47 Å². The highest BCUT2D eigenvalue weighted by Crippen LogP contribution is 2.37. The molecular weight excluding hydrogens is 567 g/mol. The average molecular weight is 601 g/mol. The zero-order chi connectivity index (χ0) is 30.5. The van der Waals surface area contributed by atoms with Crippen LogP contribution >= 0.6 is 0 Å². The number of carbonyl (C=O) groups is 2. The number of nitrogens with one attached hydrogen (secondary N) is 1. The van der Waals surface area contributed by atoms with Crippen molar-refractivity contribution in [3.8, 4) is 11.1 Å². The van der Waals surface area contributed by atoms with Crippen LogP contribution in [0.5, 0.6) is 0 Å². The van der Waals surface area contributed by atoms with Gasteiger partial charge in [0.1, 0.15) is 23.8 Å². The molecule has 2 aliphatic heterocycles. The number of carbonyl (C=O) groups excluding carboxylic acids is 2. The summed E-state index contributed by atoms with van der Waals surface area (Å²) in [5.74, 6) is -0.792. The molecule has 228 valence electrons. The van der Waals surface area contributed by atoms with E-state index in [-0.39, 0.29) is 23.8 Å². The smallest absolute Gasteiger partial charge is 0.302 e. The summed E-state index contributed by atoms with van der Waals surface area (Å²) >= 11 is 0. The Bertz CT molecular complexity index is 1850. The van der Waals surface area contributed by atoms with Crippen molar-refractivity contribution in [2.75, 3.05) is 23.4 Å². The lowest BCUT2D eigenvalue weighted by molar-refractivity contribution is -0.142. The van der Waals surface area contributed by atoms with Crippen molar-refractivity contribution in [3.05, 3.63) is 80.9 Å². The van der Waals surface area contributed by atoms with Gasteiger partial charge in [0.2, 0.25) is 0 Å². The fourth-order valence-electron chi connectivity index (χ4n) is 6.55. The van der Waals surface area contributed by atoms with Crippen LogP contribution in [0, 0.1) is 5.82 Å². The SMILES string of the molecule is CC(=O)OCc1c(-c2cc(Nc3cc4n(n3)CCOC4)c(=O)n(C)c2)cc(F)cc1N1CCn2c(cc3c2CCCC3)C1=O. The topological polar surface area (TPSA) is 113 Å². The zero-order valence-corrected chi connectivity index (χ0v) is 24.7. The van der Waals surface area contributed by atoms with Crippen molar-refractivity contribution < 1.29 is 23.5 Å². The van der Waals surface area contributed by atoms with E-state index < -0.39 is 11.8 Å². The molecule has 12 heteroatoms. The summed E-state index contributed by atoms with van der Waals surface area (Å²) in [6.45, 7) is 3.66. The van der Waals surface area contributed by atoms with Crippen molar-refractivity contribution in [3.63, 3.8) is 0 Å². The molecule has 1 amide bonds. The van der Waals surface area contributed by atoms with Crippen molar-refractivity contribution >= 4 is 29.1 Å². The van der Waals surface area contributed by atoms with E-state index in [0.717, 1.165) is 31.4 Å². The van der Waals surface area contributed by atoms with E-state index in [2.05, 4.69) is 15.0 Å². The third-order valence-electron chi connectivity index (χ3n) is 8.64. The molecule has 0 saturated heterocycles. The fraction of sp³-hybridized carbons (Fsp3) is 0.375. The number of halogens is 1. The number of esters is 1. The van der Waals surface area contributed by atoms with Gasteiger partial charge in [-0.3, -0.25) is 19.1 Å². The standard InChI is InChI=1S/C32H33FN6O5/c1-19(40)44-18-25-24(21-11-26(31(41)36(2)16-21)34-30-15-23-17-43-10-9-39(23)35-30)13-22(33)14-28(25)38-8-7-37-27-6-4-3-5-20(27)12-29(37)32(38)42/h11-16H,3-10,17-18H2,1-2H3,(H,34,35). The Balaban J connectivity index is 1.31. The number of amides is 1. The number of pyridine rings is 1. The molecule has 0 radical (unpaired) electrons. The van der Waals surface area contributed by atoms with Gasteiger partial charge in [-0.1, -0.05) is 0 Å². The van der Waals surface area contributed by atoms with Crippen LogP contribution in [-0.4, -0.2) is 43.9 Å². The molecule has 0 saturated carbocycles. The molecular formula is C32H33FN6O5. The first-order valence-electron chi connectivity index (χ1n) is 14.9. The highest BCUT2D eigenvalue weighted by molar-refractivity contribution is 6.07. The van der Waals surface area contributed by atoms with Gasteiger partial charge in [-0.2, -0.15) is 5.10 Å². The predicted octanol–water partition coefficient (Wildman–Crippen LogP) is 4.07. The second kappa shape index (κ2) is 11.1. The first kappa shape index (κ1) is 28.1. The Morgan fingerprint density at radius 1 is 1.09 bits per heavy atom. The van der Waals surface area contributed by atoms with Gasteiger partial charge >= 0.3 is 5.97 Å². The Hall–Kier alpha value is -4.71. The molecule has 44 heavy (non-hydrogen) atoms. The third-order valence-corrected chi connectivity index (χ3v) is 8.64. The first-order chi connectivity index (χ1) is 21.3. The van der Waals surface area contributed by atoms with E-state index in [9.17, 15) is 14.4 Å². The molecule has 0 bridgehead atoms. The third kappa shape index (κ3) is 4.98.